The van der Waals surface area contributed by atoms with Crippen molar-refractivity contribution in [1.29, 1.82) is 0 Å². The highest BCUT2D eigenvalue weighted by Gasteiger charge is 2.20. The van der Waals surface area contributed by atoms with Gasteiger partial charge >= 0.3 is 5.69 Å². The van der Waals surface area contributed by atoms with Crippen LogP contribution in [0.15, 0.2) is 53.5 Å². The molecule has 1 N–H and O–H groups in total. The molecule has 0 amide bonds. The van der Waals surface area contributed by atoms with Crippen molar-refractivity contribution >= 4 is 22.6 Å². The number of halogens is 2. The number of pyridine rings is 1. The Labute approximate surface area is 177 Å². The summed E-state index contributed by atoms with van der Waals surface area (Å²) in [5.74, 6) is -0.805. The number of aryl methyl sites for hydroxylation is 1. The molecule has 0 saturated carbocycles. The minimum absolute atomic E-state index is 0.0544. The van der Waals surface area contributed by atoms with Gasteiger partial charge in [0.15, 0.2) is 5.65 Å². The zero-order chi connectivity index (χ0) is 21.6. The average Bonchev–Trinajstić information content (AvgIpc) is 2.69. The number of aromatic nitrogens is 3. The zero-order valence-electron chi connectivity index (χ0n) is 16.6. The number of hydrogen-bond donors (Lipinski definition) is 1. The van der Waals surface area contributed by atoms with Crippen molar-refractivity contribution in [1.82, 2.24) is 14.5 Å². The number of nitrogens with zero attached hydrogens (tertiary/aromatic N) is 3. The van der Waals surface area contributed by atoms with Gasteiger partial charge in [0.25, 0.3) is 0 Å². The summed E-state index contributed by atoms with van der Waals surface area (Å²) in [7, 11) is 0. The molecule has 0 fully saturated rings. The van der Waals surface area contributed by atoms with Gasteiger partial charge in [0, 0.05) is 11.6 Å². The molecule has 0 atom stereocenters. The van der Waals surface area contributed by atoms with E-state index in [9.17, 15) is 14.3 Å². The molecule has 4 rings (SSSR count). The summed E-state index contributed by atoms with van der Waals surface area (Å²) in [6.45, 7) is 5.98. The van der Waals surface area contributed by atoms with E-state index in [0.29, 0.717) is 11.1 Å². The van der Waals surface area contributed by atoms with Gasteiger partial charge in [0.05, 0.1) is 22.0 Å². The lowest BCUT2D eigenvalue weighted by molar-refractivity contribution is 0.471. The second-order valence-electron chi connectivity index (χ2n) is 7.41. The maximum atomic E-state index is 14.5. The third-order valence-electron chi connectivity index (χ3n) is 5.04. The molecule has 152 valence electrons. The number of benzene rings is 2. The van der Waals surface area contributed by atoms with Crippen molar-refractivity contribution in [3.8, 4) is 22.7 Å². The molecule has 0 radical (unpaired) electrons. The summed E-state index contributed by atoms with van der Waals surface area (Å²) in [6.07, 6.45) is 1.39. The first-order valence-corrected chi connectivity index (χ1v) is 9.83. The van der Waals surface area contributed by atoms with Gasteiger partial charge in [-0.3, -0.25) is 0 Å². The van der Waals surface area contributed by atoms with Crippen molar-refractivity contribution in [2.45, 2.75) is 26.7 Å². The van der Waals surface area contributed by atoms with Crippen LogP contribution >= 0.6 is 11.6 Å². The normalized spacial score (nSPS) is 11.4. The Morgan fingerprint density at radius 3 is 2.60 bits per heavy atom. The van der Waals surface area contributed by atoms with Crippen LogP contribution in [0.25, 0.3) is 28.0 Å². The highest BCUT2D eigenvalue weighted by molar-refractivity contribution is 6.33. The maximum absolute atomic E-state index is 14.5. The minimum atomic E-state index is -0.662. The number of para-hydroxylation sites is 1. The number of phenols is 1. The Morgan fingerprint density at radius 1 is 1.17 bits per heavy atom. The Kier molecular flexibility index (Phi) is 5.03. The predicted octanol–water partition coefficient (Wildman–Crippen LogP) is 5.38. The standard InChI is InChI=1S/C23H19ClFN3O2/c1-12(2)15-7-4-6-13(3)21(15)28-22-14(11-26-23(28)30)10-16(24)20(27-22)19-17(25)8-5-9-18(19)29/h4-12,29H,1-3H3. The Bertz CT molecular complexity index is 1330. The molecule has 0 bridgehead atoms. The van der Waals surface area contributed by atoms with Crippen LogP contribution in [0.5, 0.6) is 5.75 Å². The molecule has 0 unspecified atom stereocenters. The second kappa shape index (κ2) is 7.54. The van der Waals surface area contributed by atoms with E-state index in [1.54, 1.807) is 6.07 Å². The Balaban J connectivity index is 2.14. The fourth-order valence-corrected chi connectivity index (χ4v) is 3.87. The van der Waals surface area contributed by atoms with E-state index in [0.717, 1.165) is 11.1 Å². The summed E-state index contributed by atoms with van der Waals surface area (Å²) < 4.78 is 15.9. The van der Waals surface area contributed by atoms with E-state index >= 15 is 0 Å². The summed E-state index contributed by atoms with van der Waals surface area (Å²) in [5.41, 5.74) is 2.25. The topological polar surface area (TPSA) is 68.0 Å². The molecule has 2 heterocycles. The van der Waals surface area contributed by atoms with Crippen molar-refractivity contribution in [2.24, 2.45) is 0 Å². The lowest BCUT2D eigenvalue weighted by Crippen LogP contribution is -2.24. The van der Waals surface area contributed by atoms with Gasteiger partial charge < -0.3 is 5.11 Å². The van der Waals surface area contributed by atoms with Gasteiger partial charge in [-0.25, -0.2) is 23.7 Å². The van der Waals surface area contributed by atoms with Gasteiger partial charge in [0.1, 0.15) is 11.6 Å². The summed E-state index contributed by atoms with van der Waals surface area (Å²) in [5, 5.41) is 10.9. The summed E-state index contributed by atoms with van der Waals surface area (Å²) >= 11 is 6.38. The number of phenolic OH excluding ortho intramolecular Hbond substituents is 1. The van der Waals surface area contributed by atoms with Gasteiger partial charge in [-0.15, -0.1) is 0 Å². The minimum Gasteiger partial charge on any atom is -0.507 e. The molecule has 5 nitrogen and oxygen atoms in total. The summed E-state index contributed by atoms with van der Waals surface area (Å²) in [4.78, 5) is 21.4. The van der Waals surface area contributed by atoms with Crippen molar-refractivity contribution in [2.75, 3.05) is 0 Å². The molecular weight excluding hydrogens is 405 g/mol. The fraction of sp³-hybridized carbons (Fsp3) is 0.174. The number of fused-ring (bicyclic) bond motifs is 1. The van der Waals surface area contributed by atoms with Crippen LogP contribution in [0.1, 0.15) is 30.9 Å². The van der Waals surface area contributed by atoms with Gasteiger partial charge in [-0.2, -0.15) is 0 Å². The molecule has 30 heavy (non-hydrogen) atoms. The molecular formula is C23H19ClFN3O2. The number of hydrogen-bond acceptors (Lipinski definition) is 4. The predicted molar refractivity (Wildman–Crippen MR) is 116 cm³/mol. The van der Waals surface area contributed by atoms with Crippen LogP contribution in [0, 0.1) is 12.7 Å². The van der Waals surface area contributed by atoms with Crippen LogP contribution in [0.4, 0.5) is 4.39 Å². The maximum Gasteiger partial charge on any atom is 0.353 e. The van der Waals surface area contributed by atoms with E-state index in [1.807, 2.05) is 39.0 Å². The van der Waals surface area contributed by atoms with Gasteiger partial charge in [-0.05, 0) is 42.2 Å². The molecule has 2 aromatic carbocycles. The molecule has 0 saturated heterocycles. The molecule has 2 aromatic heterocycles. The van der Waals surface area contributed by atoms with Crippen molar-refractivity contribution < 1.29 is 9.50 Å². The van der Waals surface area contributed by atoms with Gasteiger partial charge in [0.2, 0.25) is 0 Å². The Morgan fingerprint density at radius 2 is 1.90 bits per heavy atom. The first kappa shape index (κ1) is 20.0. The van der Waals surface area contributed by atoms with Gasteiger partial charge in [-0.1, -0.05) is 49.7 Å². The van der Waals surface area contributed by atoms with E-state index < -0.39 is 11.5 Å². The lowest BCUT2D eigenvalue weighted by atomic mass is 9.98. The van der Waals surface area contributed by atoms with E-state index in [4.69, 9.17) is 11.6 Å². The molecule has 0 aliphatic carbocycles. The van der Waals surface area contributed by atoms with Crippen LogP contribution in [0.3, 0.4) is 0 Å². The quantitative estimate of drug-likeness (QED) is 0.480. The van der Waals surface area contributed by atoms with E-state index in [1.165, 1.54) is 29.0 Å². The average molecular weight is 424 g/mol. The molecule has 4 aromatic rings. The molecule has 0 aliphatic heterocycles. The lowest BCUT2D eigenvalue weighted by Gasteiger charge is -2.19. The highest BCUT2D eigenvalue weighted by Crippen LogP contribution is 2.37. The van der Waals surface area contributed by atoms with Crippen LogP contribution < -0.4 is 5.69 Å². The van der Waals surface area contributed by atoms with Crippen LogP contribution in [0.2, 0.25) is 5.02 Å². The smallest absolute Gasteiger partial charge is 0.353 e. The zero-order valence-corrected chi connectivity index (χ0v) is 17.4. The summed E-state index contributed by atoms with van der Waals surface area (Å²) in [6, 6.07) is 11.3. The third-order valence-corrected chi connectivity index (χ3v) is 5.33. The number of rotatable bonds is 3. The highest BCUT2D eigenvalue weighted by atomic mass is 35.5. The third kappa shape index (κ3) is 3.23. The van der Waals surface area contributed by atoms with Crippen molar-refractivity contribution in [3.05, 3.63) is 81.1 Å². The second-order valence-corrected chi connectivity index (χ2v) is 7.82. The molecule has 0 aliphatic rings. The SMILES string of the molecule is Cc1cccc(C(C)C)c1-n1c(=O)ncc2cc(Cl)c(-c3c(O)cccc3F)nc21. The van der Waals surface area contributed by atoms with E-state index in [2.05, 4.69) is 9.97 Å². The first-order chi connectivity index (χ1) is 14.3. The van der Waals surface area contributed by atoms with Crippen LogP contribution in [-0.4, -0.2) is 19.6 Å². The van der Waals surface area contributed by atoms with Crippen molar-refractivity contribution in [3.63, 3.8) is 0 Å². The van der Waals surface area contributed by atoms with Crippen LogP contribution in [-0.2, 0) is 0 Å². The monoisotopic (exact) mass is 423 g/mol. The molecule has 7 heteroatoms. The van der Waals surface area contributed by atoms with E-state index in [-0.39, 0.29) is 33.6 Å². The Hall–Kier alpha value is -3.25. The first-order valence-electron chi connectivity index (χ1n) is 9.45. The number of aromatic hydroxyl groups is 1. The fourth-order valence-electron chi connectivity index (χ4n) is 3.62. The molecule has 0 spiro atoms. The largest absolute Gasteiger partial charge is 0.507 e.